The molecule has 0 spiro atoms. The van der Waals surface area contributed by atoms with E-state index in [1.54, 1.807) is 13.2 Å². The van der Waals surface area contributed by atoms with Crippen LogP contribution in [0.4, 0.5) is 4.39 Å². The van der Waals surface area contributed by atoms with E-state index in [1.807, 2.05) is 6.92 Å². The van der Waals surface area contributed by atoms with Gasteiger partial charge in [0.1, 0.15) is 11.6 Å². The lowest BCUT2D eigenvalue weighted by molar-refractivity contribution is 0.404. The maximum atomic E-state index is 13.0. The summed E-state index contributed by atoms with van der Waals surface area (Å²) in [7, 11) is 1.55. The van der Waals surface area contributed by atoms with Gasteiger partial charge in [-0.25, -0.2) is 4.39 Å². The van der Waals surface area contributed by atoms with E-state index >= 15 is 0 Å². The number of rotatable bonds is 4. The van der Waals surface area contributed by atoms with E-state index in [2.05, 4.69) is 6.58 Å². The lowest BCUT2D eigenvalue weighted by atomic mass is 10.0. The molecule has 0 fully saturated rings. The van der Waals surface area contributed by atoms with Crippen molar-refractivity contribution < 1.29 is 9.13 Å². The SMILES string of the molecule is C=C(C)C[C@@H](N)c1cc(F)ccc1OC. The molecule has 2 nitrogen and oxygen atoms in total. The first-order chi connectivity index (χ1) is 7.04. The molecular weight excluding hydrogens is 193 g/mol. The summed E-state index contributed by atoms with van der Waals surface area (Å²) < 4.78 is 18.2. The lowest BCUT2D eigenvalue weighted by Crippen LogP contribution is -2.12. The van der Waals surface area contributed by atoms with Gasteiger partial charge in [0.15, 0.2) is 0 Å². The fraction of sp³-hybridized carbons (Fsp3) is 0.333. The summed E-state index contributed by atoms with van der Waals surface area (Å²) >= 11 is 0. The Kier molecular flexibility index (Phi) is 3.86. The molecule has 0 amide bonds. The summed E-state index contributed by atoms with van der Waals surface area (Å²) in [6.45, 7) is 5.68. The van der Waals surface area contributed by atoms with Crippen LogP contribution in [0, 0.1) is 5.82 Å². The van der Waals surface area contributed by atoms with Crippen molar-refractivity contribution in [1.82, 2.24) is 0 Å². The number of nitrogens with two attached hydrogens (primary N) is 1. The van der Waals surface area contributed by atoms with Gasteiger partial charge in [0, 0.05) is 11.6 Å². The summed E-state index contributed by atoms with van der Waals surface area (Å²) in [5, 5.41) is 0. The first kappa shape index (κ1) is 11.7. The second-order valence-electron chi connectivity index (χ2n) is 3.65. The van der Waals surface area contributed by atoms with Crippen molar-refractivity contribution in [2.45, 2.75) is 19.4 Å². The van der Waals surface area contributed by atoms with Gasteiger partial charge in [-0.3, -0.25) is 0 Å². The molecule has 1 rings (SSSR count). The molecule has 0 aliphatic carbocycles. The van der Waals surface area contributed by atoms with Crippen LogP contribution in [0.5, 0.6) is 5.75 Å². The highest BCUT2D eigenvalue weighted by Crippen LogP contribution is 2.27. The quantitative estimate of drug-likeness (QED) is 0.774. The molecule has 0 saturated heterocycles. The van der Waals surface area contributed by atoms with E-state index in [9.17, 15) is 4.39 Å². The van der Waals surface area contributed by atoms with E-state index in [-0.39, 0.29) is 11.9 Å². The molecule has 0 aliphatic rings. The van der Waals surface area contributed by atoms with E-state index in [0.29, 0.717) is 17.7 Å². The molecule has 82 valence electrons. The highest BCUT2D eigenvalue weighted by atomic mass is 19.1. The van der Waals surface area contributed by atoms with Gasteiger partial charge in [-0.15, -0.1) is 6.58 Å². The lowest BCUT2D eigenvalue weighted by Gasteiger charge is -2.15. The summed E-state index contributed by atoms with van der Waals surface area (Å²) in [4.78, 5) is 0. The average Bonchev–Trinajstić information content (AvgIpc) is 2.16. The summed E-state index contributed by atoms with van der Waals surface area (Å²) in [6, 6.07) is 4.08. The fourth-order valence-electron chi connectivity index (χ4n) is 1.48. The van der Waals surface area contributed by atoms with Crippen molar-refractivity contribution in [2.24, 2.45) is 5.73 Å². The second kappa shape index (κ2) is 4.94. The molecule has 0 aliphatic heterocycles. The van der Waals surface area contributed by atoms with E-state index in [4.69, 9.17) is 10.5 Å². The molecule has 1 atom stereocenters. The summed E-state index contributed by atoms with van der Waals surface area (Å²) in [5.74, 6) is 0.313. The molecule has 0 unspecified atom stereocenters. The fourth-order valence-corrected chi connectivity index (χ4v) is 1.48. The Morgan fingerprint density at radius 1 is 1.60 bits per heavy atom. The number of benzene rings is 1. The average molecular weight is 209 g/mol. The van der Waals surface area contributed by atoms with Crippen LogP contribution in [-0.4, -0.2) is 7.11 Å². The molecule has 3 heteroatoms. The molecule has 15 heavy (non-hydrogen) atoms. The second-order valence-corrected chi connectivity index (χ2v) is 3.65. The third kappa shape index (κ3) is 3.06. The molecule has 0 aromatic heterocycles. The Morgan fingerprint density at radius 2 is 2.27 bits per heavy atom. The maximum Gasteiger partial charge on any atom is 0.123 e. The topological polar surface area (TPSA) is 35.2 Å². The number of hydrogen-bond acceptors (Lipinski definition) is 2. The predicted octanol–water partition coefficient (Wildman–Crippen LogP) is 2.80. The van der Waals surface area contributed by atoms with Gasteiger partial charge in [-0.1, -0.05) is 5.57 Å². The number of hydrogen-bond donors (Lipinski definition) is 1. The Morgan fingerprint density at radius 3 is 2.80 bits per heavy atom. The van der Waals surface area contributed by atoms with Gasteiger partial charge in [0.05, 0.1) is 7.11 Å². The third-order valence-corrected chi connectivity index (χ3v) is 2.16. The number of methoxy groups -OCH3 is 1. The van der Waals surface area contributed by atoms with Crippen molar-refractivity contribution in [1.29, 1.82) is 0 Å². The molecule has 0 radical (unpaired) electrons. The molecular formula is C12H16FNO. The normalized spacial score (nSPS) is 12.3. The minimum Gasteiger partial charge on any atom is -0.496 e. The minimum absolute atomic E-state index is 0.270. The van der Waals surface area contributed by atoms with Crippen LogP contribution >= 0.6 is 0 Å². The van der Waals surface area contributed by atoms with Gasteiger partial charge >= 0.3 is 0 Å². The van der Waals surface area contributed by atoms with Crippen molar-refractivity contribution >= 4 is 0 Å². The first-order valence-electron chi connectivity index (χ1n) is 4.78. The maximum absolute atomic E-state index is 13.0. The number of halogens is 1. The smallest absolute Gasteiger partial charge is 0.123 e. The Hall–Kier alpha value is -1.35. The van der Waals surface area contributed by atoms with E-state index in [1.165, 1.54) is 12.1 Å². The van der Waals surface area contributed by atoms with E-state index < -0.39 is 0 Å². The van der Waals surface area contributed by atoms with Crippen molar-refractivity contribution in [3.8, 4) is 5.75 Å². The van der Waals surface area contributed by atoms with Crippen molar-refractivity contribution in [3.63, 3.8) is 0 Å². The van der Waals surface area contributed by atoms with Crippen LogP contribution in [0.1, 0.15) is 24.9 Å². The minimum atomic E-state index is -0.303. The van der Waals surface area contributed by atoms with Gasteiger partial charge in [-0.2, -0.15) is 0 Å². The van der Waals surface area contributed by atoms with Crippen LogP contribution in [0.2, 0.25) is 0 Å². The number of ether oxygens (including phenoxy) is 1. The van der Waals surface area contributed by atoms with Crippen LogP contribution in [0.15, 0.2) is 30.4 Å². The van der Waals surface area contributed by atoms with Crippen LogP contribution in [0.3, 0.4) is 0 Å². The molecule has 0 saturated carbocycles. The summed E-state index contributed by atoms with van der Waals surface area (Å²) in [5.41, 5.74) is 7.58. The molecule has 1 aromatic carbocycles. The molecule has 2 N–H and O–H groups in total. The highest BCUT2D eigenvalue weighted by molar-refractivity contribution is 5.36. The highest BCUT2D eigenvalue weighted by Gasteiger charge is 2.12. The first-order valence-corrected chi connectivity index (χ1v) is 4.78. The zero-order valence-electron chi connectivity index (χ0n) is 9.09. The largest absolute Gasteiger partial charge is 0.496 e. The predicted molar refractivity (Wildman–Crippen MR) is 59.3 cm³/mol. The zero-order valence-corrected chi connectivity index (χ0v) is 9.09. The molecule has 0 heterocycles. The van der Waals surface area contributed by atoms with Crippen LogP contribution < -0.4 is 10.5 Å². The third-order valence-electron chi connectivity index (χ3n) is 2.16. The Bertz CT molecular complexity index is 363. The Labute approximate surface area is 89.6 Å². The standard InChI is InChI=1S/C12H16FNO/c1-8(2)6-11(14)10-7-9(13)4-5-12(10)15-3/h4-5,7,11H,1,6,14H2,2-3H3/t11-/m1/s1. The van der Waals surface area contributed by atoms with E-state index in [0.717, 1.165) is 5.57 Å². The Balaban J connectivity index is 2.99. The molecule has 1 aromatic rings. The van der Waals surface area contributed by atoms with Crippen molar-refractivity contribution in [2.75, 3.05) is 7.11 Å². The van der Waals surface area contributed by atoms with Crippen LogP contribution in [0.25, 0.3) is 0 Å². The monoisotopic (exact) mass is 209 g/mol. The van der Waals surface area contributed by atoms with Gasteiger partial charge < -0.3 is 10.5 Å². The van der Waals surface area contributed by atoms with Crippen molar-refractivity contribution in [3.05, 3.63) is 41.7 Å². The zero-order chi connectivity index (χ0) is 11.4. The summed E-state index contributed by atoms with van der Waals surface area (Å²) in [6.07, 6.45) is 0.625. The van der Waals surface area contributed by atoms with Gasteiger partial charge in [0.25, 0.3) is 0 Å². The van der Waals surface area contributed by atoms with Crippen LogP contribution in [-0.2, 0) is 0 Å². The van der Waals surface area contributed by atoms with Gasteiger partial charge in [-0.05, 0) is 31.5 Å². The molecule has 0 bridgehead atoms. The van der Waals surface area contributed by atoms with Gasteiger partial charge in [0.2, 0.25) is 0 Å².